The Morgan fingerprint density at radius 2 is 1.88 bits per heavy atom. The third kappa shape index (κ3) is 9.15. The highest BCUT2D eigenvalue weighted by Gasteiger charge is 2.37. The van der Waals surface area contributed by atoms with E-state index in [-0.39, 0.29) is 5.91 Å². The molecule has 1 saturated carbocycles. The standard InChI is InChI=1S/C36H55N3O2/c1-9-26(5)21-35(40)39-19-16-30(17-20-39)32-15-14-27(6)33(22-32)36(25(3)4)28(7)31-13-11-12-18-37-24-38-29(8)34(23-31)41-10-2/h11-13,23-25,27,30,32-33H,5,9-10,14-22H2,1-4,6-8H3/b12-11+,31-13+,34-23+,36-28+,37-24?,38-29?. The second-order valence-electron chi connectivity index (χ2n) is 12.6. The number of hydrogen-bond acceptors (Lipinski definition) is 4. The van der Waals surface area contributed by atoms with Crippen LogP contribution in [0.15, 0.2) is 68.9 Å². The maximum Gasteiger partial charge on any atom is 0.226 e. The highest BCUT2D eigenvalue weighted by molar-refractivity contribution is 6.01. The van der Waals surface area contributed by atoms with Crippen LogP contribution in [0.25, 0.3) is 0 Å². The summed E-state index contributed by atoms with van der Waals surface area (Å²) in [6.45, 7) is 22.6. The molecule has 226 valence electrons. The zero-order chi connectivity index (χ0) is 29.9. The summed E-state index contributed by atoms with van der Waals surface area (Å²) in [7, 11) is 0. The molecule has 0 aromatic rings. The first-order valence-electron chi connectivity index (χ1n) is 16.1. The van der Waals surface area contributed by atoms with E-state index in [9.17, 15) is 4.79 Å². The molecule has 0 radical (unpaired) electrons. The van der Waals surface area contributed by atoms with Crippen LogP contribution in [0.2, 0.25) is 0 Å². The Bertz CT molecular complexity index is 1100. The zero-order valence-corrected chi connectivity index (χ0v) is 26.9. The van der Waals surface area contributed by atoms with Crippen molar-refractivity contribution in [2.24, 2.45) is 39.6 Å². The van der Waals surface area contributed by atoms with E-state index in [1.807, 2.05) is 13.8 Å². The molecule has 0 spiro atoms. The van der Waals surface area contributed by atoms with Crippen molar-refractivity contribution in [2.75, 3.05) is 26.2 Å². The Kier molecular flexibility index (Phi) is 12.9. The van der Waals surface area contributed by atoms with Gasteiger partial charge < -0.3 is 9.64 Å². The molecule has 41 heavy (non-hydrogen) atoms. The number of aliphatic imine (C=N–C) groups is 2. The van der Waals surface area contributed by atoms with E-state index in [0.717, 1.165) is 55.3 Å². The Balaban J connectivity index is 1.85. The summed E-state index contributed by atoms with van der Waals surface area (Å²) in [5, 5.41) is 0. The third-order valence-corrected chi connectivity index (χ3v) is 9.48. The largest absolute Gasteiger partial charge is 0.492 e. The van der Waals surface area contributed by atoms with Gasteiger partial charge in [0.05, 0.1) is 18.9 Å². The fourth-order valence-electron chi connectivity index (χ4n) is 6.95. The second-order valence-corrected chi connectivity index (χ2v) is 12.6. The van der Waals surface area contributed by atoms with E-state index in [2.05, 4.69) is 80.4 Å². The minimum Gasteiger partial charge on any atom is -0.492 e. The van der Waals surface area contributed by atoms with E-state index in [1.165, 1.54) is 30.4 Å². The van der Waals surface area contributed by atoms with Crippen LogP contribution in [0.1, 0.15) is 93.4 Å². The van der Waals surface area contributed by atoms with E-state index in [1.54, 1.807) is 11.9 Å². The number of piperidine rings is 1. The molecule has 1 amide bonds. The molecule has 2 fully saturated rings. The number of likely N-dealkylation sites (tertiary alicyclic amines) is 1. The molecular formula is C36H55N3O2. The predicted octanol–water partition coefficient (Wildman–Crippen LogP) is 8.51. The molecule has 1 aliphatic carbocycles. The van der Waals surface area contributed by atoms with Crippen molar-refractivity contribution in [3.63, 3.8) is 0 Å². The number of carbonyl (C=O) groups is 1. The molecule has 2 heterocycles. The Hall–Kier alpha value is -2.69. The van der Waals surface area contributed by atoms with Crippen LogP contribution in [-0.2, 0) is 9.53 Å². The van der Waals surface area contributed by atoms with Crippen molar-refractivity contribution < 1.29 is 9.53 Å². The number of hydrogen-bond donors (Lipinski definition) is 0. The summed E-state index contributed by atoms with van der Waals surface area (Å²) in [5.74, 6) is 4.18. The van der Waals surface area contributed by atoms with E-state index in [4.69, 9.17) is 4.74 Å². The summed E-state index contributed by atoms with van der Waals surface area (Å²) < 4.78 is 6.05. The van der Waals surface area contributed by atoms with Gasteiger partial charge in [-0.2, -0.15) is 0 Å². The van der Waals surface area contributed by atoms with Crippen LogP contribution >= 0.6 is 0 Å². The van der Waals surface area contributed by atoms with Gasteiger partial charge in [-0.25, -0.2) is 4.99 Å². The van der Waals surface area contributed by atoms with Crippen molar-refractivity contribution in [3.05, 3.63) is 58.9 Å². The predicted molar refractivity (Wildman–Crippen MR) is 174 cm³/mol. The Morgan fingerprint density at radius 1 is 1.15 bits per heavy atom. The van der Waals surface area contributed by atoms with Crippen LogP contribution in [0.5, 0.6) is 0 Å². The normalized spacial score (nSPS) is 28.4. The molecule has 0 N–H and O–H groups in total. The van der Waals surface area contributed by atoms with Gasteiger partial charge in [0.1, 0.15) is 12.1 Å². The molecular weight excluding hydrogens is 506 g/mol. The van der Waals surface area contributed by atoms with Crippen LogP contribution in [0.3, 0.4) is 0 Å². The lowest BCUT2D eigenvalue weighted by atomic mass is 9.64. The Labute approximate surface area is 250 Å². The Morgan fingerprint density at radius 3 is 2.54 bits per heavy atom. The molecule has 3 aliphatic rings. The molecule has 3 unspecified atom stereocenters. The van der Waals surface area contributed by atoms with Gasteiger partial charge in [0.2, 0.25) is 5.91 Å². The van der Waals surface area contributed by atoms with E-state index >= 15 is 0 Å². The lowest BCUT2D eigenvalue weighted by Gasteiger charge is -2.43. The monoisotopic (exact) mass is 561 g/mol. The van der Waals surface area contributed by atoms with Gasteiger partial charge >= 0.3 is 0 Å². The van der Waals surface area contributed by atoms with Crippen molar-refractivity contribution in [1.82, 2.24) is 4.90 Å². The SMILES string of the molecule is C=C(CC)CC(=O)N1CCC(C2CCC(C)C(/C(=C(C)/C3=C/C=C/CN=CN=C(C)/C(OCC)=C\3)C(C)C)C2)CC1. The molecule has 0 aromatic heterocycles. The minimum atomic E-state index is 0.265. The molecule has 5 nitrogen and oxygen atoms in total. The fourth-order valence-corrected chi connectivity index (χ4v) is 6.95. The average molecular weight is 562 g/mol. The number of nitrogens with zero attached hydrogens (tertiary/aromatic N) is 3. The van der Waals surface area contributed by atoms with Crippen molar-refractivity contribution in [3.8, 4) is 0 Å². The van der Waals surface area contributed by atoms with Crippen LogP contribution in [0.4, 0.5) is 0 Å². The van der Waals surface area contributed by atoms with Gasteiger partial charge in [0.15, 0.2) is 0 Å². The van der Waals surface area contributed by atoms with Gasteiger partial charge in [-0.1, -0.05) is 63.6 Å². The van der Waals surface area contributed by atoms with Crippen LogP contribution in [-0.4, -0.2) is 49.1 Å². The van der Waals surface area contributed by atoms with Crippen LogP contribution in [0, 0.1) is 29.6 Å². The highest BCUT2D eigenvalue weighted by atomic mass is 16.5. The molecule has 3 atom stereocenters. The minimum absolute atomic E-state index is 0.265. The van der Waals surface area contributed by atoms with Gasteiger partial charge in [0, 0.05) is 19.5 Å². The number of ether oxygens (including phenoxy) is 1. The van der Waals surface area contributed by atoms with E-state index < -0.39 is 0 Å². The lowest BCUT2D eigenvalue weighted by Crippen LogP contribution is -2.41. The van der Waals surface area contributed by atoms with Gasteiger partial charge in [-0.3, -0.25) is 9.79 Å². The summed E-state index contributed by atoms with van der Waals surface area (Å²) in [6.07, 6.45) is 17.7. The zero-order valence-electron chi connectivity index (χ0n) is 26.9. The molecule has 0 bridgehead atoms. The summed E-state index contributed by atoms with van der Waals surface area (Å²) in [5.41, 5.74) is 6.03. The number of rotatable bonds is 9. The summed E-state index contributed by atoms with van der Waals surface area (Å²) in [4.78, 5) is 23.7. The maximum absolute atomic E-state index is 12.7. The van der Waals surface area contributed by atoms with Crippen molar-refractivity contribution >= 4 is 18.0 Å². The van der Waals surface area contributed by atoms with Gasteiger partial charge in [-0.05, 0) is 106 Å². The molecule has 1 saturated heterocycles. The maximum atomic E-state index is 12.7. The summed E-state index contributed by atoms with van der Waals surface area (Å²) >= 11 is 0. The number of amides is 1. The van der Waals surface area contributed by atoms with Crippen molar-refractivity contribution in [1.29, 1.82) is 0 Å². The van der Waals surface area contributed by atoms with Crippen molar-refractivity contribution in [2.45, 2.75) is 93.4 Å². The van der Waals surface area contributed by atoms with Gasteiger partial charge in [-0.15, -0.1) is 0 Å². The topological polar surface area (TPSA) is 54.3 Å². The smallest absolute Gasteiger partial charge is 0.226 e. The van der Waals surface area contributed by atoms with E-state index in [0.29, 0.717) is 43.2 Å². The first-order chi connectivity index (χ1) is 19.7. The number of allylic oxidation sites excluding steroid dienone is 7. The van der Waals surface area contributed by atoms with Crippen LogP contribution < -0.4 is 0 Å². The first-order valence-corrected chi connectivity index (χ1v) is 16.1. The molecule has 0 aromatic carbocycles. The quantitative estimate of drug-likeness (QED) is 0.265. The lowest BCUT2D eigenvalue weighted by molar-refractivity contribution is -0.132. The second kappa shape index (κ2) is 16.1. The highest BCUT2D eigenvalue weighted by Crippen LogP contribution is 2.46. The molecule has 3 rings (SSSR count). The molecule has 2 aliphatic heterocycles. The first kappa shape index (κ1) is 32.8. The van der Waals surface area contributed by atoms with Gasteiger partial charge in [0.25, 0.3) is 0 Å². The number of carbonyl (C=O) groups excluding carboxylic acids is 1. The average Bonchev–Trinajstić information content (AvgIpc) is 2.99. The third-order valence-electron chi connectivity index (χ3n) is 9.48. The fraction of sp³-hybridized carbons (Fsp3) is 0.639. The molecule has 5 heteroatoms. The summed E-state index contributed by atoms with van der Waals surface area (Å²) in [6, 6.07) is 0.